The van der Waals surface area contributed by atoms with Gasteiger partial charge in [0, 0.05) is 18.2 Å². The van der Waals surface area contributed by atoms with E-state index in [0.29, 0.717) is 23.9 Å². The van der Waals surface area contributed by atoms with Gasteiger partial charge in [0.2, 0.25) is 0 Å². The molecule has 0 aliphatic heterocycles. The van der Waals surface area contributed by atoms with Gasteiger partial charge in [-0.2, -0.15) is 0 Å². The van der Waals surface area contributed by atoms with Crippen molar-refractivity contribution in [3.8, 4) is 16.3 Å². The van der Waals surface area contributed by atoms with Crippen molar-refractivity contribution in [1.29, 1.82) is 0 Å². The fourth-order valence-corrected chi connectivity index (χ4v) is 3.56. The van der Waals surface area contributed by atoms with Crippen LogP contribution >= 0.6 is 11.3 Å². The summed E-state index contributed by atoms with van der Waals surface area (Å²) in [6.07, 6.45) is 2.36. The van der Waals surface area contributed by atoms with Crippen LogP contribution in [0.4, 0.5) is 0 Å². The van der Waals surface area contributed by atoms with Crippen molar-refractivity contribution in [2.45, 2.75) is 32.7 Å². The highest BCUT2D eigenvalue weighted by atomic mass is 32.1. The Morgan fingerprint density at radius 1 is 1.42 bits per heavy atom. The van der Waals surface area contributed by atoms with Crippen molar-refractivity contribution in [2.75, 3.05) is 13.2 Å². The molecule has 3 rings (SSSR count). The summed E-state index contributed by atoms with van der Waals surface area (Å²) in [4.78, 5) is 17.6. The first-order valence-corrected chi connectivity index (χ1v) is 9.14. The van der Waals surface area contributed by atoms with Crippen LogP contribution in [0.5, 0.6) is 5.75 Å². The average Bonchev–Trinajstić information content (AvgIpc) is 3.36. The van der Waals surface area contributed by atoms with Gasteiger partial charge >= 0.3 is 0 Å². The number of nitrogens with zero attached hydrogens (tertiary/aromatic N) is 1. The van der Waals surface area contributed by atoms with Crippen LogP contribution in [-0.2, 0) is 0 Å². The molecular formula is C18H23N3O2S. The lowest BCUT2D eigenvalue weighted by atomic mass is 10.2. The Labute approximate surface area is 146 Å². The SMILES string of the molecule is CCOc1ccc(-c2nc(C)c(C(=O)NCC(N)C3CC3)s2)cc1. The van der Waals surface area contributed by atoms with Gasteiger partial charge in [-0.1, -0.05) is 0 Å². The van der Waals surface area contributed by atoms with Crippen LogP contribution in [0.1, 0.15) is 35.1 Å². The first kappa shape index (κ1) is 16.9. The van der Waals surface area contributed by atoms with Gasteiger partial charge in [0.25, 0.3) is 5.91 Å². The predicted molar refractivity (Wildman–Crippen MR) is 96.5 cm³/mol. The largest absolute Gasteiger partial charge is 0.494 e. The Hall–Kier alpha value is -1.92. The molecule has 1 heterocycles. The summed E-state index contributed by atoms with van der Waals surface area (Å²) in [5.74, 6) is 1.33. The quantitative estimate of drug-likeness (QED) is 0.809. The van der Waals surface area contributed by atoms with E-state index >= 15 is 0 Å². The second-order valence-electron chi connectivity index (χ2n) is 6.10. The van der Waals surface area contributed by atoms with E-state index in [1.54, 1.807) is 0 Å². The molecular weight excluding hydrogens is 322 g/mol. The lowest BCUT2D eigenvalue weighted by molar-refractivity contribution is 0.0953. The number of hydrogen-bond donors (Lipinski definition) is 2. The molecule has 128 valence electrons. The molecule has 1 aliphatic carbocycles. The van der Waals surface area contributed by atoms with Gasteiger partial charge in [-0.3, -0.25) is 4.79 Å². The number of aryl methyl sites for hydroxylation is 1. The van der Waals surface area contributed by atoms with E-state index in [1.165, 1.54) is 24.2 Å². The summed E-state index contributed by atoms with van der Waals surface area (Å²) < 4.78 is 5.45. The third kappa shape index (κ3) is 3.94. The number of nitrogens with two attached hydrogens (primary N) is 1. The summed E-state index contributed by atoms with van der Waals surface area (Å²) in [5.41, 5.74) is 7.78. The van der Waals surface area contributed by atoms with Gasteiger partial charge in [0.05, 0.1) is 12.3 Å². The molecule has 1 aliphatic rings. The lowest BCUT2D eigenvalue weighted by Crippen LogP contribution is -2.38. The second kappa shape index (κ2) is 7.32. The molecule has 0 bridgehead atoms. The van der Waals surface area contributed by atoms with Crippen LogP contribution in [-0.4, -0.2) is 30.1 Å². The van der Waals surface area contributed by atoms with Crippen molar-refractivity contribution in [1.82, 2.24) is 10.3 Å². The average molecular weight is 345 g/mol. The Balaban J connectivity index is 1.68. The van der Waals surface area contributed by atoms with Gasteiger partial charge in [-0.25, -0.2) is 4.98 Å². The topological polar surface area (TPSA) is 77.2 Å². The molecule has 5 nitrogen and oxygen atoms in total. The molecule has 0 saturated heterocycles. The number of carbonyl (C=O) groups is 1. The first-order chi connectivity index (χ1) is 11.6. The molecule has 0 spiro atoms. The number of rotatable bonds is 7. The molecule has 3 N–H and O–H groups in total. The molecule has 1 aromatic carbocycles. The molecule has 6 heteroatoms. The maximum atomic E-state index is 12.4. The predicted octanol–water partition coefficient (Wildman–Crippen LogP) is 2.98. The number of ether oxygens (including phenoxy) is 1. The summed E-state index contributed by atoms with van der Waals surface area (Å²) >= 11 is 1.41. The van der Waals surface area contributed by atoms with E-state index < -0.39 is 0 Å². The maximum absolute atomic E-state index is 12.4. The Morgan fingerprint density at radius 2 is 2.12 bits per heavy atom. The number of hydrogen-bond acceptors (Lipinski definition) is 5. The summed E-state index contributed by atoms with van der Waals surface area (Å²) in [7, 11) is 0. The summed E-state index contributed by atoms with van der Waals surface area (Å²) in [5, 5.41) is 3.78. The molecule has 1 saturated carbocycles. The van der Waals surface area contributed by atoms with Gasteiger partial charge in [-0.15, -0.1) is 11.3 Å². The minimum Gasteiger partial charge on any atom is -0.494 e. The Kier molecular flexibility index (Phi) is 5.16. The monoisotopic (exact) mass is 345 g/mol. The van der Waals surface area contributed by atoms with Crippen molar-refractivity contribution >= 4 is 17.2 Å². The van der Waals surface area contributed by atoms with E-state index in [-0.39, 0.29) is 11.9 Å². The van der Waals surface area contributed by atoms with Crippen LogP contribution in [0.2, 0.25) is 0 Å². The van der Waals surface area contributed by atoms with Crippen molar-refractivity contribution in [3.63, 3.8) is 0 Å². The van der Waals surface area contributed by atoms with Crippen molar-refractivity contribution < 1.29 is 9.53 Å². The highest BCUT2D eigenvalue weighted by Gasteiger charge is 2.28. The molecule has 1 unspecified atom stereocenters. The fourth-order valence-electron chi connectivity index (χ4n) is 2.57. The molecule has 2 aromatic rings. The maximum Gasteiger partial charge on any atom is 0.263 e. The third-order valence-corrected chi connectivity index (χ3v) is 5.35. The number of carbonyl (C=O) groups excluding carboxylic acids is 1. The minimum absolute atomic E-state index is 0.0627. The number of benzene rings is 1. The molecule has 1 amide bonds. The number of amides is 1. The molecule has 1 atom stereocenters. The molecule has 1 fully saturated rings. The lowest BCUT2D eigenvalue weighted by Gasteiger charge is -2.10. The fraction of sp³-hybridized carbons (Fsp3) is 0.444. The molecule has 0 radical (unpaired) electrons. The van der Waals surface area contributed by atoms with E-state index in [9.17, 15) is 4.79 Å². The molecule has 24 heavy (non-hydrogen) atoms. The Bertz CT molecular complexity index is 708. The van der Waals surface area contributed by atoms with E-state index in [1.807, 2.05) is 38.1 Å². The van der Waals surface area contributed by atoms with E-state index in [4.69, 9.17) is 10.5 Å². The van der Waals surface area contributed by atoms with Crippen LogP contribution in [0.25, 0.3) is 10.6 Å². The number of thiazole rings is 1. The second-order valence-corrected chi connectivity index (χ2v) is 7.10. The normalized spacial score (nSPS) is 15.1. The minimum atomic E-state index is -0.0849. The zero-order valence-electron chi connectivity index (χ0n) is 14.0. The van der Waals surface area contributed by atoms with E-state index in [0.717, 1.165) is 22.0 Å². The highest BCUT2D eigenvalue weighted by molar-refractivity contribution is 7.17. The number of nitrogens with one attached hydrogen (secondary N) is 1. The van der Waals surface area contributed by atoms with Gasteiger partial charge in [-0.05, 0) is 56.9 Å². The Morgan fingerprint density at radius 3 is 2.75 bits per heavy atom. The highest BCUT2D eigenvalue weighted by Crippen LogP contribution is 2.31. The van der Waals surface area contributed by atoms with Crippen LogP contribution in [0, 0.1) is 12.8 Å². The van der Waals surface area contributed by atoms with Crippen LogP contribution < -0.4 is 15.8 Å². The van der Waals surface area contributed by atoms with Crippen LogP contribution in [0.3, 0.4) is 0 Å². The zero-order chi connectivity index (χ0) is 17.1. The van der Waals surface area contributed by atoms with Crippen molar-refractivity contribution in [3.05, 3.63) is 34.8 Å². The van der Waals surface area contributed by atoms with Crippen LogP contribution in [0.15, 0.2) is 24.3 Å². The molecule has 1 aromatic heterocycles. The first-order valence-electron chi connectivity index (χ1n) is 8.33. The smallest absolute Gasteiger partial charge is 0.263 e. The number of aromatic nitrogens is 1. The third-order valence-electron chi connectivity index (χ3n) is 4.14. The van der Waals surface area contributed by atoms with Gasteiger partial charge < -0.3 is 15.8 Å². The van der Waals surface area contributed by atoms with Crippen molar-refractivity contribution in [2.24, 2.45) is 11.7 Å². The van der Waals surface area contributed by atoms with Gasteiger partial charge in [0.1, 0.15) is 15.6 Å². The van der Waals surface area contributed by atoms with Gasteiger partial charge in [0.15, 0.2) is 0 Å². The van der Waals surface area contributed by atoms with E-state index in [2.05, 4.69) is 10.3 Å². The summed E-state index contributed by atoms with van der Waals surface area (Å²) in [6.45, 7) is 4.99. The standard InChI is InChI=1S/C18H23N3O2S/c1-3-23-14-8-6-13(7-9-14)18-21-11(2)16(24-18)17(22)20-10-15(19)12-4-5-12/h6-9,12,15H,3-5,10,19H2,1-2H3,(H,20,22). The zero-order valence-corrected chi connectivity index (χ0v) is 14.9. The summed E-state index contributed by atoms with van der Waals surface area (Å²) in [6, 6.07) is 7.84.